The van der Waals surface area contributed by atoms with Crippen molar-refractivity contribution in [2.24, 2.45) is 0 Å². The van der Waals surface area contributed by atoms with E-state index in [1.54, 1.807) is 18.5 Å². The molecule has 12 heteroatoms. The fourth-order valence-corrected chi connectivity index (χ4v) is 6.03. The molecule has 0 saturated carbocycles. The maximum atomic E-state index is 12.6. The van der Waals surface area contributed by atoms with Crippen LogP contribution in [0, 0.1) is 11.3 Å². The summed E-state index contributed by atoms with van der Waals surface area (Å²) in [4.78, 5) is 25.7. The Kier molecular flexibility index (Phi) is 9.72. The molecule has 0 aliphatic carbocycles. The van der Waals surface area contributed by atoms with Gasteiger partial charge in [-0.05, 0) is 52.7 Å². The molecule has 1 amide bonds. The molecule has 0 spiro atoms. The second-order valence-corrected chi connectivity index (χ2v) is 11.0. The van der Waals surface area contributed by atoms with E-state index in [0.717, 1.165) is 12.8 Å². The number of benzene rings is 1. The first kappa shape index (κ1) is 28.0. The predicted octanol–water partition coefficient (Wildman–Crippen LogP) is 5.05. The molecule has 0 bridgehead atoms. The smallest absolute Gasteiger partial charge is 0.259 e. The number of amides is 1. The van der Waals surface area contributed by atoms with Gasteiger partial charge in [-0.1, -0.05) is 18.2 Å². The summed E-state index contributed by atoms with van der Waals surface area (Å²) in [5.74, 6) is 0.0860. The Balaban J connectivity index is 1.41. The molecule has 2 aromatic heterocycles. The van der Waals surface area contributed by atoms with Crippen LogP contribution < -0.4 is 5.32 Å². The Morgan fingerprint density at radius 3 is 2.66 bits per heavy atom. The van der Waals surface area contributed by atoms with E-state index in [-0.39, 0.29) is 30.3 Å². The average Bonchev–Trinajstić information content (AvgIpc) is 3.55. The molecular weight excluding hydrogens is 505 g/mol. The number of aromatic nitrogens is 4. The van der Waals surface area contributed by atoms with Crippen LogP contribution in [-0.4, -0.2) is 61.5 Å². The van der Waals surface area contributed by atoms with Crippen molar-refractivity contribution >= 4 is 31.4 Å². The van der Waals surface area contributed by atoms with Gasteiger partial charge in [0.1, 0.15) is 12.6 Å². The van der Waals surface area contributed by atoms with Gasteiger partial charge in [-0.25, -0.2) is 19.6 Å². The molecule has 1 aliphatic rings. The van der Waals surface area contributed by atoms with Crippen molar-refractivity contribution in [2.75, 3.05) is 18.5 Å². The molecule has 0 radical (unpaired) electrons. The molecule has 1 fully saturated rings. The third-order valence-corrected chi connectivity index (χ3v) is 8.13. The van der Waals surface area contributed by atoms with E-state index < -0.39 is 8.53 Å². The van der Waals surface area contributed by atoms with Gasteiger partial charge in [0.25, 0.3) is 14.4 Å². The largest absolute Gasteiger partial charge is 0.352 e. The number of carbonyl (C=O) groups excluding carboxylic acids is 1. The first-order valence-electron chi connectivity index (χ1n) is 12.8. The number of nitrogens with zero attached hydrogens (tertiary/aromatic N) is 6. The van der Waals surface area contributed by atoms with E-state index in [4.69, 9.17) is 19.0 Å². The normalized spacial score (nSPS) is 18.4. The summed E-state index contributed by atoms with van der Waals surface area (Å²) in [6.45, 7) is 9.14. The zero-order valence-corrected chi connectivity index (χ0v) is 23.0. The lowest BCUT2D eigenvalue weighted by Crippen LogP contribution is -2.34. The van der Waals surface area contributed by atoms with Gasteiger partial charge in [-0.15, -0.1) is 0 Å². The lowest BCUT2D eigenvalue weighted by molar-refractivity contribution is -0.0187. The van der Waals surface area contributed by atoms with Gasteiger partial charge < -0.3 is 19.1 Å². The van der Waals surface area contributed by atoms with Crippen LogP contribution in [0.4, 0.5) is 5.82 Å². The molecule has 3 atom stereocenters. The summed E-state index contributed by atoms with van der Waals surface area (Å²) in [6.07, 6.45) is 4.58. The summed E-state index contributed by atoms with van der Waals surface area (Å²) in [5, 5.41) is 11.7. The number of hydrogen-bond acceptors (Lipinski definition) is 9. The molecule has 1 N–H and O–H groups in total. The van der Waals surface area contributed by atoms with Crippen LogP contribution in [0.1, 0.15) is 63.5 Å². The summed E-state index contributed by atoms with van der Waals surface area (Å²) in [7, 11) is -1.33. The van der Waals surface area contributed by atoms with Crippen LogP contribution in [0.25, 0.3) is 11.2 Å². The Hall–Kier alpha value is -3.00. The Morgan fingerprint density at radius 2 is 1.95 bits per heavy atom. The highest BCUT2D eigenvalue weighted by molar-refractivity contribution is 7.44. The molecule has 3 aromatic rings. The van der Waals surface area contributed by atoms with E-state index in [1.165, 1.54) is 6.33 Å². The third kappa shape index (κ3) is 6.70. The number of hydrogen-bond donors (Lipinski definition) is 1. The summed E-state index contributed by atoms with van der Waals surface area (Å²) < 4.78 is 22.6. The van der Waals surface area contributed by atoms with Crippen molar-refractivity contribution in [3.63, 3.8) is 0 Å². The average molecular weight is 540 g/mol. The first-order chi connectivity index (χ1) is 18.4. The topological polar surface area (TPSA) is 127 Å². The summed E-state index contributed by atoms with van der Waals surface area (Å²) >= 11 is 0. The highest BCUT2D eigenvalue weighted by atomic mass is 31.2. The van der Waals surface area contributed by atoms with Crippen LogP contribution in [0.5, 0.6) is 0 Å². The highest BCUT2D eigenvalue weighted by Crippen LogP contribution is 2.46. The predicted molar refractivity (Wildman–Crippen MR) is 144 cm³/mol. The number of nitriles is 1. The van der Waals surface area contributed by atoms with Crippen molar-refractivity contribution in [1.29, 1.82) is 5.26 Å². The first-order valence-corrected chi connectivity index (χ1v) is 13.9. The summed E-state index contributed by atoms with van der Waals surface area (Å²) in [6, 6.07) is 11.5. The third-order valence-electron chi connectivity index (χ3n) is 6.06. The zero-order valence-electron chi connectivity index (χ0n) is 22.1. The molecule has 1 aromatic carbocycles. The van der Waals surface area contributed by atoms with E-state index in [1.807, 2.05) is 22.8 Å². The number of anilines is 1. The number of rotatable bonds is 12. The SMILES string of the molecule is CC(C)N(C(C)C)P(OCCC#N)OC[C@@H]1CC[C@H](n2cnc3c(NC(=O)c4ccccc4)ncnc32)O1. The maximum Gasteiger partial charge on any atom is 0.259 e. The van der Waals surface area contributed by atoms with Gasteiger partial charge in [0, 0.05) is 17.6 Å². The van der Waals surface area contributed by atoms with Gasteiger partial charge in [0.2, 0.25) is 0 Å². The van der Waals surface area contributed by atoms with Crippen LogP contribution in [0.3, 0.4) is 0 Å². The fraction of sp³-hybridized carbons (Fsp3) is 0.500. The van der Waals surface area contributed by atoms with Gasteiger partial charge in [0.05, 0.1) is 38.1 Å². The minimum atomic E-state index is -1.33. The Bertz CT molecular complexity index is 1240. The molecule has 11 nitrogen and oxygen atoms in total. The van der Waals surface area contributed by atoms with Crippen LogP contribution in [-0.2, 0) is 13.8 Å². The molecule has 1 saturated heterocycles. The van der Waals surface area contributed by atoms with E-state index >= 15 is 0 Å². The fourth-order valence-electron chi connectivity index (χ4n) is 4.40. The number of carbonyl (C=O) groups is 1. The molecule has 1 unspecified atom stereocenters. The standard InChI is InChI=1S/C26H34N7O4P/c1-18(2)33(19(3)4)38(35-14-8-13-27)36-15-21-11-12-22(37-21)32-17-30-23-24(28-16-29-25(23)32)31-26(34)20-9-6-5-7-10-20/h5-7,9-10,16-19,21-22H,8,11-12,14-15H2,1-4H3,(H,28,29,31,34)/t21-,22+,38?/m0/s1. The van der Waals surface area contributed by atoms with Crippen LogP contribution in [0.2, 0.25) is 0 Å². The monoisotopic (exact) mass is 539 g/mol. The molecule has 3 heterocycles. The molecule has 1 aliphatic heterocycles. The van der Waals surface area contributed by atoms with Crippen LogP contribution >= 0.6 is 8.53 Å². The van der Waals surface area contributed by atoms with Crippen molar-refractivity contribution in [2.45, 2.75) is 71.4 Å². The van der Waals surface area contributed by atoms with E-state index in [9.17, 15) is 4.79 Å². The quantitative estimate of drug-likeness (QED) is 0.248. The highest BCUT2D eigenvalue weighted by Gasteiger charge is 2.32. The van der Waals surface area contributed by atoms with Gasteiger partial charge >= 0.3 is 0 Å². The Labute approximate surface area is 224 Å². The second-order valence-electron chi connectivity index (χ2n) is 9.50. The number of imidazole rings is 1. The van der Waals surface area contributed by atoms with E-state index in [0.29, 0.717) is 42.2 Å². The second kappa shape index (κ2) is 13.2. The van der Waals surface area contributed by atoms with E-state index in [2.05, 4.69) is 58.7 Å². The van der Waals surface area contributed by atoms with Gasteiger partial charge in [-0.3, -0.25) is 9.36 Å². The van der Waals surface area contributed by atoms with Crippen molar-refractivity contribution in [1.82, 2.24) is 24.2 Å². The minimum absolute atomic E-state index is 0.123. The number of nitrogens with one attached hydrogen (secondary N) is 1. The number of fused-ring (bicyclic) bond motifs is 1. The molecule has 202 valence electrons. The lowest BCUT2D eigenvalue weighted by atomic mass is 10.2. The van der Waals surface area contributed by atoms with Gasteiger partial charge in [-0.2, -0.15) is 5.26 Å². The lowest BCUT2D eigenvalue weighted by Gasteiger charge is -2.36. The molecule has 4 rings (SSSR count). The van der Waals surface area contributed by atoms with Crippen molar-refractivity contribution in [3.8, 4) is 6.07 Å². The van der Waals surface area contributed by atoms with Gasteiger partial charge in [0.15, 0.2) is 17.0 Å². The zero-order chi connectivity index (χ0) is 27.1. The number of ether oxygens (including phenoxy) is 1. The van der Waals surface area contributed by atoms with Crippen LogP contribution in [0.15, 0.2) is 43.0 Å². The summed E-state index contributed by atoms with van der Waals surface area (Å²) in [5.41, 5.74) is 1.62. The maximum absolute atomic E-state index is 12.6. The minimum Gasteiger partial charge on any atom is -0.352 e. The Morgan fingerprint density at radius 1 is 1.18 bits per heavy atom. The van der Waals surface area contributed by atoms with Crippen molar-refractivity contribution < 1.29 is 18.6 Å². The molecular formula is C26H34N7O4P. The molecule has 38 heavy (non-hydrogen) atoms. The van der Waals surface area contributed by atoms with Crippen molar-refractivity contribution in [3.05, 3.63) is 48.5 Å².